The average molecular weight is 392 g/mol. The molecular weight excluding hydrogens is 372 g/mol. The van der Waals surface area contributed by atoms with Crippen molar-refractivity contribution in [3.63, 3.8) is 0 Å². The SMILES string of the molecule is CC(C)Cn1c(SCC(=O)Nc2ccccc2C#N)nc2ccccc2c1=O. The molecule has 0 bridgehead atoms. The summed E-state index contributed by atoms with van der Waals surface area (Å²) < 4.78 is 1.63. The number of aromatic nitrogens is 2. The lowest BCUT2D eigenvalue weighted by atomic mass is 10.2. The summed E-state index contributed by atoms with van der Waals surface area (Å²) in [7, 11) is 0. The van der Waals surface area contributed by atoms with Crippen molar-refractivity contribution in [2.75, 3.05) is 11.1 Å². The fraction of sp³-hybridized carbons (Fsp3) is 0.238. The molecule has 1 N–H and O–H groups in total. The van der Waals surface area contributed by atoms with Gasteiger partial charge < -0.3 is 5.32 Å². The van der Waals surface area contributed by atoms with Crippen LogP contribution in [0, 0.1) is 17.2 Å². The maximum Gasteiger partial charge on any atom is 0.262 e. The molecule has 0 unspecified atom stereocenters. The van der Waals surface area contributed by atoms with E-state index in [2.05, 4.69) is 16.4 Å². The maximum atomic E-state index is 12.9. The van der Waals surface area contributed by atoms with E-state index < -0.39 is 0 Å². The van der Waals surface area contributed by atoms with E-state index in [0.29, 0.717) is 33.9 Å². The van der Waals surface area contributed by atoms with E-state index in [1.54, 1.807) is 41.0 Å². The number of fused-ring (bicyclic) bond motifs is 1. The zero-order chi connectivity index (χ0) is 20.1. The van der Waals surface area contributed by atoms with Crippen molar-refractivity contribution < 1.29 is 4.79 Å². The molecule has 0 aliphatic heterocycles. The van der Waals surface area contributed by atoms with E-state index in [0.717, 1.165) is 0 Å². The molecule has 1 aromatic heterocycles. The number of benzene rings is 2. The standard InChI is InChI=1S/C21H20N4O2S/c1-14(2)12-25-20(27)16-8-4-6-10-18(16)24-21(25)28-13-19(26)23-17-9-5-3-7-15(17)11-22/h3-10,14H,12-13H2,1-2H3,(H,23,26). The molecule has 0 aliphatic rings. The Morgan fingerprint density at radius 1 is 1.21 bits per heavy atom. The zero-order valence-electron chi connectivity index (χ0n) is 15.7. The maximum absolute atomic E-state index is 12.9. The van der Waals surface area contributed by atoms with E-state index in [9.17, 15) is 9.59 Å². The molecule has 7 heteroatoms. The number of para-hydroxylation sites is 2. The molecule has 0 atom stereocenters. The Bertz CT molecular complexity index is 1120. The van der Waals surface area contributed by atoms with Crippen molar-refractivity contribution in [2.24, 2.45) is 5.92 Å². The summed E-state index contributed by atoms with van der Waals surface area (Å²) in [6.07, 6.45) is 0. The summed E-state index contributed by atoms with van der Waals surface area (Å²) in [5, 5.41) is 13.0. The molecule has 6 nitrogen and oxygen atoms in total. The zero-order valence-corrected chi connectivity index (χ0v) is 16.5. The van der Waals surface area contributed by atoms with Crippen LogP contribution in [0.5, 0.6) is 0 Å². The van der Waals surface area contributed by atoms with E-state index in [4.69, 9.17) is 5.26 Å². The van der Waals surface area contributed by atoms with E-state index in [1.165, 1.54) is 11.8 Å². The Balaban J connectivity index is 1.84. The molecule has 0 radical (unpaired) electrons. The van der Waals surface area contributed by atoms with Crippen molar-refractivity contribution in [3.05, 3.63) is 64.4 Å². The first-order valence-electron chi connectivity index (χ1n) is 8.91. The van der Waals surface area contributed by atoms with Crippen molar-refractivity contribution in [1.82, 2.24) is 9.55 Å². The van der Waals surface area contributed by atoms with Crippen LogP contribution in [0.15, 0.2) is 58.5 Å². The van der Waals surface area contributed by atoms with Crippen molar-refractivity contribution >= 4 is 34.3 Å². The van der Waals surface area contributed by atoms with Crippen LogP contribution in [0.1, 0.15) is 19.4 Å². The number of carbonyl (C=O) groups is 1. The molecule has 2 aromatic carbocycles. The first-order valence-corrected chi connectivity index (χ1v) is 9.89. The summed E-state index contributed by atoms with van der Waals surface area (Å²) in [6, 6.07) is 16.1. The number of nitrogens with zero attached hydrogens (tertiary/aromatic N) is 3. The largest absolute Gasteiger partial charge is 0.324 e. The first-order chi connectivity index (χ1) is 13.5. The highest BCUT2D eigenvalue weighted by Crippen LogP contribution is 2.20. The van der Waals surface area contributed by atoms with Gasteiger partial charge in [0.25, 0.3) is 5.56 Å². The number of amides is 1. The van der Waals surface area contributed by atoms with Crippen LogP contribution in [0.3, 0.4) is 0 Å². The number of hydrogen-bond acceptors (Lipinski definition) is 5. The summed E-state index contributed by atoms with van der Waals surface area (Å²) in [5.41, 5.74) is 1.39. The number of nitriles is 1. The number of rotatable bonds is 6. The van der Waals surface area contributed by atoms with Crippen LogP contribution in [0.4, 0.5) is 5.69 Å². The van der Waals surface area contributed by atoms with Crippen LogP contribution in [-0.4, -0.2) is 21.2 Å². The van der Waals surface area contributed by atoms with Gasteiger partial charge in [-0.1, -0.05) is 49.9 Å². The molecule has 0 aliphatic carbocycles. The average Bonchev–Trinajstić information content (AvgIpc) is 2.69. The number of hydrogen-bond donors (Lipinski definition) is 1. The summed E-state index contributed by atoms with van der Waals surface area (Å²) in [5.74, 6) is 0.0883. The molecule has 0 fully saturated rings. The van der Waals surface area contributed by atoms with Crippen LogP contribution in [0.2, 0.25) is 0 Å². The van der Waals surface area contributed by atoms with E-state index >= 15 is 0 Å². The molecule has 3 rings (SSSR count). The predicted octanol–water partition coefficient (Wildman–Crippen LogP) is 3.65. The predicted molar refractivity (Wildman–Crippen MR) is 111 cm³/mol. The molecular formula is C21H20N4O2S. The normalized spacial score (nSPS) is 10.8. The fourth-order valence-corrected chi connectivity index (χ4v) is 3.60. The highest BCUT2D eigenvalue weighted by Gasteiger charge is 2.14. The van der Waals surface area contributed by atoms with E-state index in [-0.39, 0.29) is 23.1 Å². The van der Waals surface area contributed by atoms with Crippen LogP contribution in [0.25, 0.3) is 10.9 Å². The lowest BCUT2D eigenvalue weighted by molar-refractivity contribution is -0.113. The lowest BCUT2D eigenvalue weighted by Gasteiger charge is -2.15. The first kappa shape index (κ1) is 19.6. The second-order valence-corrected chi connectivity index (χ2v) is 7.66. The minimum atomic E-state index is -0.258. The van der Waals surface area contributed by atoms with Gasteiger partial charge in [0.05, 0.1) is 27.9 Å². The Hall–Kier alpha value is -3.11. The van der Waals surface area contributed by atoms with Gasteiger partial charge in [0.1, 0.15) is 6.07 Å². The lowest BCUT2D eigenvalue weighted by Crippen LogP contribution is -2.26. The third-order valence-corrected chi connectivity index (χ3v) is 5.00. The second-order valence-electron chi connectivity index (χ2n) is 6.72. The van der Waals surface area contributed by atoms with Gasteiger partial charge >= 0.3 is 0 Å². The van der Waals surface area contributed by atoms with Gasteiger partial charge in [-0.25, -0.2) is 4.98 Å². The third-order valence-electron chi connectivity index (χ3n) is 4.03. The third kappa shape index (κ3) is 4.41. The molecule has 3 aromatic rings. The fourth-order valence-electron chi connectivity index (χ4n) is 2.79. The van der Waals surface area contributed by atoms with Gasteiger partial charge in [-0.3, -0.25) is 14.2 Å². The molecule has 1 heterocycles. The van der Waals surface area contributed by atoms with E-state index in [1.807, 2.05) is 26.0 Å². The highest BCUT2D eigenvalue weighted by atomic mass is 32.2. The van der Waals surface area contributed by atoms with Gasteiger partial charge in [0, 0.05) is 6.54 Å². The van der Waals surface area contributed by atoms with Gasteiger partial charge in [-0.05, 0) is 30.2 Å². The summed E-state index contributed by atoms with van der Waals surface area (Å²) in [4.78, 5) is 29.9. The van der Waals surface area contributed by atoms with Crippen molar-refractivity contribution in [3.8, 4) is 6.07 Å². The molecule has 142 valence electrons. The van der Waals surface area contributed by atoms with Gasteiger partial charge in [0.15, 0.2) is 5.16 Å². The topological polar surface area (TPSA) is 87.8 Å². The molecule has 0 saturated carbocycles. The Kier molecular flexibility index (Phi) is 6.12. The Labute approximate surface area is 167 Å². The smallest absolute Gasteiger partial charge is 0.262 e. The summed E-state index contributed by atoms with van der Waals surface area (Å²) in [6.45, 7) is 4.58. The Morgan fingerprint density at radius 2 is 1.93 bits per heavy atom. The minimum absolute atomic E-state index is 0.0860. The van der Waals surface area contributed by atoms with Crippen LogP contribution < -0.4 is 10.9 Å². The Morgan fingerprint density at radius 3 is 2.68 bits per heavy atom. The quantitative estimate of drug-likeness (QED) is 0.511. The molecule has 0 spiro atoms. The van der Waals surface area contributed by atoms with Gasteiger partial charge in [-0.2, -0.15) is 5.26 Å². The van der Waals surface area contributed by atoms with Gasteiger partial charge in [0.2, 0.25) is 5.91 Å². The van der Waals surface area contributed by atoms with Crippen molar-refractivity contribution in [1.29, 1.82) is 5.26 Å². The number of thioether (sulfide) groups is 1. The highest BCUT2D eigenvalue weighted by molar-refractivity contribution is 7.99. The minimum Gasteiger partial charge on any atom is -0.324 e. The molecule has 28 heavy (non-hydrogen) atoms. The number of nitrogens with one attached hydrogen (secondary N) is 1. The molecule has 0 saturated heterocycles. The number of anilines is 1. The second kappa shape index (κ2) is 8.72. The summed E-state index contributed by atoms with van der Waals surface area (Å²) >= 11 is 1.22. The molecule has 1 amide bonds. The monoisotopic (exact) mass is 392 g/mol. The van der Waals surface area contributed by atoms with Crippen LogP contribution in [-0.2, 0) is 11.3 Å². The van der Waals surface area contributed by atoms with Crippen molar-refractivity contribution in [2.45, 2.75) is 25.5 Å². The van der Waals surface area contributed by atoms with Crippen LogP contribution >= 0.6 is 11.8 Å². The number of carbonyl (C=O) groups excluding carboxylic acids is 1. The van der Waals surface area contributed by atoms with Gasteiger partial charge in [-0.15, -0.1) is 0 Å².